The summed E-state index contributed by atoms with van der Waals surface area (Å²) in [5, 5.41) is 2.87. The molecule has 180 valence electrons. The number of benzene rings is 2. The summed E-state index contributed by atoms with van der Waals surface area (Å²) in [6, 6.07) is 14.1. The van der Waals surface area contributed by atoms with E-state index in [0.29, 0.717) is 18.7 Å². The minimum Gasteiger partial charge on any atom is -0.354 e. The summed E-state index contributed by atoms with van der Waals surface area (Å²) < 4.78 is 26.5. The van der Waals surface area contributed by atoms with E-state index in [4.69, 9.17) is 0 Å². The van der Waals surface area contributed by atoms with Gasteiger partial charge in [0.25, 0.3) is 0 Å². The Balaban J connectivity index is 2.44. The van der Waals surface area contributed by atoms with Crippen molar-refractivity contribution in [3.05, 3.63) is 65.2 Å². The normalized spacial score (nSPS) is 12.2. The average Bonchev–Trinajstić information content (AvgIpc) is 2.77. The van der Waals surface area contributed by atoms with Crippen molar-refractivity contribution in [3.8, 4) is 0 Å². The highest BCUT2D eigenvalue weighted by Gasteiger charge is 2.32. The highest BCUT2D eigenvalue weighted by Crippen LogP contribution is 2.25. The molecule has 0 aliphatic heterocycles. The lowest BCUT2D eigenvalue weighted by Crippen LogP contribution is -2.52. The molecule has 33 heavy (non-hydrogen) atoms. The van der Waals surface area contributed by atoms with Crippen LogP contribution in [0.3, 0.4) is 0 Å². The second kappa shape index (κ2) is 11.8. The Hall–Kier alpha value is -2.87. The lowest BCUT2D eigenvalue weighted by Gasteiger charge is -2.33. The lowest BCUT2D eigenvalue weighted by molar-refractivity contribution is -0.140. The number of amides is 2. The number of rotatable bonds is 11. The molecule has 8 heteroatoms. The molecule has 1 atom stereocenters. The molecule has 0 bridgehead atoms. The highest BCUT2D eigenvalue weighted by molar-refractivity contribution is 7.92. The van der Waals surface area contributed by atoms with E-state index in [0.717, 1.165) is 33.7 Å². The monoisotopic (exact) mass is 473 g/mol. The molecular weight excluding hydrogens is 438 g/mol. The Morgan fingerprint density at radius 1 is 1.00 bits per heavy atom. The Morgan fingerprint density at radius 2 is 1.67 bits per heavy atom. The second-order valence-electron chi connectivity index (χ2n) is 8.21. The molecule has 2 rings (SSSR count). The highest BCUT2D eigenvalue weighted by atomic mass is 32.2. The molecule has 0 aliphatic rings. The van der Waals surface area contributed by atoms with E-state index in [1.54, 1.807) is 12.1 Å². The molecule has 1 unspecified atom stereocenters. The SMILES string of the molecule is CCCNC(=O)C(CC)N(Cc1ccccc1)C(=O)CN(c1cccc(C)c1C)S(C)(=O)=O. The van der Waals surface area contributed by atoms with Gasteiger partial charge in [-0.25, -0.2) is 8.42 Å². The fourth-order valence-corrected chi connectivity index (χ4v) is 4.57. The number of aryl methyl sites for hydroxylation is 1. The summed E-state index contributed by atoms with van der Waals surface area (Å²) in [6.45, 7) is 7.88. The van der Waals surface area contributed by atoms with Crippen LogP contribution in [-0.2, 0) is 26.2 Å². The van der Waals surface area contributed by atoms with Crippen LogP contribution in [0.2, 0.25) is 0 Å². The predicted molar refractivity (Wildman–Crippen MR) is 132 cm³/mol. The maximum atomic E-state index is 13.6. The molecule has 2 aromatic rings. The van der Waals surface area contributed by atoms with Gasteiger partial charge in [0.15, 0.2) is 0 Å². The molecule has 0 aromatic heterocycles. The van der Waals surface area contributed by atoms with Crippen molar-refractivity contribution in [3.63, 3.8) is 0 Å². The van der Waals surface area contributed by atoms with Gasteiger partial charge in [0.05, 0.1) is 11.9 Å². The second-order valence-corrected chi connectivity index (χ2v) is 10.1. The van der Waals surface area contributed by atoms with Crippen LogP contribution in [-0.4, -0.2) is 50.5 Å². The summed E-state index contributed by atoms with van der Waals surface area (Å²) in [6.07, 6.45) is 2.29. The smallest absolute Gasteiger partial charge is 0.244 e. The molecule has 0 saturated heterocycles. The van der Waals surface area contributed by atoms with Crippen molar-refractivity contribution in [2.24, 2.45) is 0 Å². The Labute approximate surface area is 197 Å². The van der Waals surface area contributed by atoms with E-state index in [9.17, 15) is 18.0 Å². The number of hydrogen-bond donors (Lipinski definition) is 1. The van der Waals surface area contributed by atoms with Gasteiger partial charge in [0, 0.05) is 13.1 Å². The van der Waals surface area contributed by atoms with Crippen molar-refractivity contribution in [2.45, 2.75) is 53.1 Å². The molecule has 1 N–H and O–H groups in total. The van der Waals surface area contributed by atoms with E-state index in [1.165, 1.54) is 4.90 Å². The zero-order chi connectivity index (χ0) is 24.6. The van der Waals surface area contributed by atoms with Crippen LogP contribution in [0.5, 0.6) is 0 Å². The van der Waals surface area contributed by atoms with E-state index < -0.39 is 22.0 Å². The third-order valence-electron chi connectivity index (χ3n) is 5.65. The number of carbonyl (C=O) groups excluding carboxylic acids is 2. The van der Waals surface area contributed by atoms with Gasteiger partial charge < -0.3 is 10.2 Å². The van der Waals surface area contributed by atoms with Gasteiger partial charge in [-0.2, -0.15) is 0 Å². The van der Waals surface area contributed by atoms with Crippen LogP contribution in [0.15, 0.2) is 48.5 Å². The van der Waals surface area contributed by atoms with Crippen molar-refractivity contribution in [2.75, 3.05) is 23.7 Å². The number of nitrogens with one attached hydrogen (secondary N) is 1. The molecule has 0 spiro atoms. The van der Waals surface area contributed by atoms with Crippen LogP contribution in [0.25, 0.3) is 0 Å². The van der Waals surface area contributed by atoms with Crippen LogP contribution in [0.1, 0.15) is 43.4 Å². The maximum absolute atomic E-state index is 13.6. The molecule has 0 saturated carbocycles. The van der Waals surface area contributed by atoms with Gasteiger partial charge in [0.2, 0.25) is 21.8 Å². The van der Waals surface area contributed by atoms with Crippen LogP contribution in [0.4, 0.5) is 5.69 Å². The number of anilines is 1. The van der Waals surface area contributed by atoms with Crippen molar-refractivity contribution >= 4 is 27.5 Å². The molecule has 0 fully saturated rings. The number of hydrogen-bond acceptors (Lipinski definition) is 4. The summed E-state index contributed by atoms with van der Waals surface area (Å²) in [4.78, 5) is 28.0. The third kappa shape index (κ3) is 7.05. The fraction of sp³-hybridized carbons (Fsp3) is 0.440. The topological polar surface area (TPSA) is 86.8 Å². The molecule has 0 heterocycles. The van der Waals surface area contributed by atoms with Crippen LogP contribution < -0.4 is 9.62 Å². The fourth-order valence-electron chi connectivity index (χ4n) is 3.67. The first-order valence-corrected chi connectivity index (χ1v) is 13.1. The Morgan fingerprint density at radius 3 is 2.24 bits per heavy atom. The minimum atomic E-state index is -3.74. The average molecular weight is 474 g/mol. The van der Waals surface area contributed by atoms with E-state index in [-0.39, 0.29) is 19.0 Å². The molecule has 7 nitrogen and oxygen atoms in total. The number of sulfonamides is 1. The van der Waals surface area contributed by atoms with Gasteiger partial charge >= 0.3 is 0 Å². The molecule has 2 aromatic carbocycles. The molecule has 0 aliphatic carbocycles. The van der Waals surface area contributed by atoms with Gasteiger partial charge in [0.1, 0.15) is 12.6 Å². The summed E-state index contributed by atoms with van der Waals surface area (Å²) in [7, 11) is -3.74. The van der Waals surface area contributed by atoms with Gasteiger partial charge in [-0.15, -0.1) is 0 Å². The minimum absolute atomic E-state index is 0.210. The first kappa shape index (κ1) is 26.4. The summed E-state index contributed by atoms with van der Waals surface area (Å²) >= 11 is 0. The van der Waals surface area contributed by atoms with E-state index in [1.807, 2.05) is 64.1 Å². The van der Waals surface area contributed by atoms with Gasteiger partial charge in [-0.05, 0) is 49.4 Å². The Bertz CT molecular complexity index is 1050. The first-order valence-electron chi connectivity index (χ1n) is 11.2. The van der Waals surface area contributed by atoms with Crippen molar-refractivity contribution in [1.82, 2.24) is 10.2 Å². The number of carbonyl (C=O) groups is 2. The third-order valence-corrected chi connectivity index (χ3v) is 6.78. The van der Waals surface area contributed by atoms with Crippen LogP contribution in [0, 0.1) is 13.8 Å². The first-order chi connectivity index (χ1) is 15.6. The molecule has 0 radical (unpaired) electrons. The standard InChI is InChI=1S/C25H35N3O4S/c1-6-16-26-25(30)22(7-2)27(17-21-13-9-8-10-14-21)24(29)18-28(33(5,31)32)23-15-11-12-19(3)20(23)4/h8-15,22H,6-7,16-18H2,1-5H3,(H,26,30). The number of nitrogens with zero attached hydrogens (tertiary/aromatic N) is 2. The van der Waals surface area contributed by atoms with Crippen molar-refractivity contribution in [1.29, 1.82) is 0 Å². The van der Waals surface area contributed by atoms with Gasteiger partial charge in [-0.3, -0.25) is 13.9 Å². The molecular formula is C25H35N3O4S. The largest absolute Gasteiger partial charge is 0.354 e. The quantitative estimate of drug-likeness (QED) is 0.542. The van der Waals surface area contributed by atoms with Gasteiger partial charge in [-0.1, -0.05) is 56.3 Å². The molecule has 2 amide bonds. The zero-order valence-corrected chi connectivity index (χ0v) is 21.0. The lowest BCUT2D eigenvalue weighted by atomic mass is 10.1. The van der Waals surface area contributed by atoms with Crippen LogP contribution >= 0.6 is 0 Å². The summed E-state index contributed by atoms with van der Waals surface area (Å²) in [5.41, 5.74) is 3.05. The Kier molecular flexibility index (Phi) is 9.46. The summed E-state index contributed by atoms with van der Waals surface area (Å²) in [5.74, 6) is -0.662. The maximum Gasteiger partial charge on any atom is 0.244 e. The van der Waals surface area contributed by atoms with E-state index in [2.05, 4.69) is 5.32 Å². The predicted octanol–water partition coefficient (Wildman–Crippen LogP) is 3.40. The zero-order valence-electron chi connectivity index (χ0n) is 20.2. The van der Waals surface area contributed by atoms with Crippen molar-refractivity contribution < 1.29 is 18.0 Å². The van der Waals surface area contributed by atoms with E-state index >= 15 is 0 Å².